The van der Waals surface area contributed by atoms with Crippen LogP contribution >= 0.6 is 11.3 Å². The highest BCUT2D eigenvalue weighted by atomic mass is 32.1. The van der Waals surface area contributed by atoms with E-state index in [2.05, 4.69) is 10.3 Å². The van der Waals surface area contributed by atoms with Crippen molar-refractivity contribution in [2.45, 2.75) is 0 Å². The van der Waals surface area contributed by atoms with E-state index in [9.17, 15) is 9.59 Å². The van der Waals surface area contributed by atoms with Crippen LogP contribution in [-0.2, 0) is 0 Å². The third-order valence-electron chi connectivity index (χ3n) is 2.92. The Kier molecular flexibility index (Phi) is 3.37. The Morgan fingerprint density at radius 1 is 1.14 bits per heavy atom. The topological polar surface area (TPSA) is 79.3 Å². The van der Waals surface area contributed by atoms with Crippen LogP contribution in [0.2, 0.25) is 0 Å². The molecule has 0 atom stereocenters. The van der Waals surface area contributed by atoms with Crippen LogP contribution in [0, 0.1) is 0 Å². The number of carboxylic acids is 1. The van der Waals surface area contributed by atoms with E-state index in [1.165, 1.54) is 29.7 Å². The van der Waals surface area contributed by atoms with Crippen LogP contribution < -0.4 is 5.32 Å². The normalized spacial score (nSPS) is 10.5. The number of fused-ring (bicyclic) bond motifs is 1. The van der Waals surface area contributed by atoms with Gasteiger partial charge in [0.2, 0.25) is 0 Å². The maximum Gasteiger partial charge on any atom is 0.339 e. The Labute approximate surface area is 123 Å². The summed E-state index contributed by atoms with van der Waals surface area (Å²) in [6, 6.07) is 12.3. The summed E-state index contributed by atoms with van der Waals surface area (Å²) in [4.78, 5) is 27.7. The Bertz CT molecular complexity index is 809. The summed E-state index contributed by atoms with van der Waals surface area (Å²) in [5.41, 5.74) is -0.0352. The van der Waals surface area contributed by atoms with Gasteiger partial charge in [-0.05, 0) is 29.7 Å². The minimum Gasteiger partial charge on any atom is -0.478 e. The molecule has 1 aromatic carbocycles. The number of hydrogen-bond donors (Lipinski definition) is 2. The van der Waals surface area contributed by atoms with Crippen molar-refractivity contribution in [1.82, 2.24) is 4.98 Å². The number of benzene rings is 1. The summed E-state index contributed by atoms with van der Waals surface area (Å²) in [7, 11) is 0. The molecule has 0 aliphatic heterocycles. The van der Waals surface area contributed by atoms with Gasteiger partial charge < -0.3 is 10.4 Å². The van der Waals surface area contributed by atoms with Crippen LogP contribution in [0.1, 0.15) is 20.0 Å². The molecular weight excluding hydrogens is 288 g/mol. The van der Waals surface area contributed by atoms with E-state index in [1.54, 1.807) is 6.07 Å². The number of nitrogens with one attached hydrogen (secondary N) is 1. The SMILES string of the molecule is O=C(Nc1ncccc1C(=O)O)c1cc2ccccc2s1. The number of aromatic nitrogens is 1. The number of hydrogen-bond acceptors (Lipinski definition) is 4. The summed E-state index contributed by atoms with van der Waals surface area (Å²) in [5.74, 6) is -1.44. The number of amides is 1. The fraction of sp³-hybridized carbons (Fsp3) is 0. The fourth-order valence-corrected chi connectivity index (χ4v) is 2.90. The number of carbonyl (C=O) groups is 2. The first-order valence-corrected chi connectivity index (χ1v) is 6.95. The molecule has 0 spiro atoms. The summed E-state index contributed by atoms with van der Waals surface area (Å²) >= 11 is 1.35. The highest BCUT2D eigenvalue weighted by molar-refractivity contribution is 7.20. The first kappa shape index (κ1) is 13.3. The van der Waals surface area contributed by atoms with Crippen molar-refractivity contribution in [3.8, 4) is 0 Å². The maximum absolute atomic E-state index is 12.2. The number of carboxylic acid groups (broad SMARTS) is 1. The quantitative estimate of drug-likeness (QED) is 0.778. The predicted molar refractivity (Wildman–Crippen MR) is 81.0 cm³/mol. The number of nitrogens with zero attached hydrogens (tertiary/aromatic N) is 1. The monoisotopic (exact) mass is 298 g/mol. The molecule has 0 fully saturated rings. The largest absolute Gasteiger partial charge is 0.478 e. The molecule has 5 nitrogen and oxygen atoms in total. The summed E-state index contributed by atoms with van der Waals surface area (Å²) < 4.78 is 1.00. The maximum atomic E-state index is 12.2. The van der Waals surface area contributed by atoms with Gasteiger partial charge in [-0.3, -0.25) is 4.79 Å². The number of thiophene rings is 1. The number of aromatic carboxylic acids is 1. The molecule has 0 aliphatic carbocycles. The van der Waals surface area contributed by atoms with E-state index >= 15 is 0 Å². The van der Waals surface area contributed by atoms with Crippen molar-refractivity contribution in [2.75, 3.05) is 5.32 Å². The lowest BCUT2D eigenvalue weighted by Gasteiger charge is -2.05. The summed E-state index contributed by atoms with van der Waals surface area (Å²) in [6.45, 7) is 0. The zero-order chi connectivity index (χ0) is 14.8. The smallest absolute Gasteiger partial charge is 0.339 e. The van der Waals surface area contributed by atoms with Crippen LogP contribution in [0.3, 0.4) is 0 Å². The minimum atomic E-state index is -1.13. The molecule has 6 heteroatoms. The van der Waals surface area contributed by atoms with Gasteiger partial charge in [-0.25, -0.2) is 9.78 Å². The van der Waals surface area contributed by atoms with Crippen molar-refractivity contribution >= 4 is 39.1 Å². The predicted octanol–water partition coefficient (Wildman–Crippen LogP) is 3.25. The van der Waals surface area contributed by atoms with E-state index in [0.717, 1.165) is 10.1 Å². The van der Waals surface area contributed by atoms with Gasteiger partial charge in [-0.15, -0.1) is 11.3 Å². The molecule has 3 rings (SSSR count). The molecule has 21 heavy (non-hydrogen) atoms. The van der Waals surface area contributed by atoms with E-state index < -0.39 is 5.97 Å². The van der Waals surface area contributed by atoms with Gasteiger partial charge in [0, 0.05) is 10.9 Å². The molecule has 0 saturated heterocycles. The standard InChI is InChI=1S/C15H10N2O3S/c18-14(12-8-9-4-1-2-6-11(9)21-12)17-13-10(15(19)20)5-3-7-16-13/h1-8H,(H,19,20)(H,16,17,18). The highest BCUT2D eigenvalue weighted by Crippen LogP contribution is 2.26. The molecule has 2 N–H and O–H groups in total. The van der Waals surface area contributed by atoms with Gasteiger partial charge in [0.25, 0.3) is 5.91 Å². The van der Waals surface area contributed by atoms with Gasteiger partial charge >= 0.3 is 5.97 Å². The molecule has 2 heterocycles. The minimum absolute atomic E-state index is 0.0352. The van der Waals surface area contributed by atoms with Crippen molar-refractivity contribution in [1.29, 1.82) is 0 Å². The molecule has 0 radical (unpaired) electrons. The number of anilines is 1. The second-order valence-corrected chi connectivity index (χ2v) is 5.39. The van der Waals surface area contributed by atoms with E-state index in [1.807, 2.05) is 24.3 Å². The molecule has 104 valence electrons. The number of rotatable bonds is 3. The van der Waals surface area contributed by atoms with Crippen LogP contribution in [0.15, 0.2) is 48.7 Å². The molecule has 3 aromatic rings. The Morgan fingerprint density at radius 3 is 2.71 bits per heavy atom. The average Bonchev–Trinajstić information content (AvgIpc) is 2.91. The molecule has 1 amide bonds. The van der Waals surface area contributed by atoms with E-state index in [4.69, 9.17) is 5.11 Å². The Hall–Kier alpha value is -2.73. The van der Waals surface area contributed by atoms with Gasteiger partial charge in [0.15, 0.2) is 0 Å². The first-order chi connectivity index (χ1) is 10.1. The van der Waals surface area contributed by atoms with Crippen LogP contribution in [0.25, 0.3) is 10.1 Å². The van der Waals surface area contributed by atoms with Crippen LogP contribution in [0.4, 0.5) is 5.82 Å². The zero-order valence-corrected chi connectivity index (χ0v) is 11.6. The Balaban J connectivity index is 1.91. The van der Waals surface area contributed by atoms with Gasteiger partial charge in [0.05, 0.1) is 4.88 Å². The van der Waals surface area contributed by atoms with Gasteiger partial charge in [0.1, 0.15) is 11.4 Å². The third-order valence-corrected chi connectivity index (χ3v) is 4.03. The van der Waals surface area contributed by atoms with Gasteiger partial charge in [-0.2, -0.15) is 0 Å². The number of carbonyl (C=O) groups excluding carboxylic acids is 1. The fourth-order valence-electron chi connectivity index (χ4n) is 1.94. The molecule has 0 aliphatic rings. The van der Waals surface area contributed by atoms with Crippen molar-refractivity contribution in [3.63, 3.8) is 0 Å². The lowest BCUT2D eigenvalue weighted by atomic mass is 10.2. The van der Waals surface area contributed by atoms with Crippen LogP contribution in [0.5, 0.6) is 0 Å². The van der Waals surface area contributed by atoms with E-state index in [-0.39, 0.29) is 17.3 Å². The zero-order valence-electron chi connectivity index (χ0n) is 10.7. The molecule has 0 saturated carbocycles. The molecule has 2 aromatic heterocycles. The second kappa shape index (κ2) is 5.34. The Morgan fingerprint density at radius 2 is 1.95 bits per heavy atom. The number of pyridine rings is 1. The molecule has 0 unspecified atom stereocenters. The summed E-state index contributed by atoms with van der Waals surface area (Å²) in [6.07, 6.45) is 1.44. The van der Waals surface area contributed by atoms with Crippen molar-refractivity contribution in [2.24, 2.45) is 0 Å². The third kappa shape index (κ3) is 2.61. The lowest BCUT2D eigenvalue weighted by molar-refractivity contribution is 0.0697. The molecular formula is C15H10N2O3S. The van der Waals surface area contributed by atoms with Crippen molar-refractivity contribution in [3.05, 3.63) is 59.1 Å². The van der Waals surface area contributed by atoms with E-state index in [0.29, 0.717) is 4.88 Å². The molecule has 0 bridgehead atoms. The lowest BCUT2D eigenvalue weighted by Crippen LogP contribution is -2.14. The second-order valence-electron chi connectivity index (χ2n) is 4.31. The van der Waals surface area contributed by atoms with Gasteiger partial charge in [-0.1, -0.05) is 18.2 Å². The highest BCUT2D eigenvalue weighted by Gasteiger charge is 2.15. The first-order valence-electron chi connectivity index (χ1n) is 6.13. The average molecular weight is 298 g/mol. The van der Waals surface area contributed by atoms with Crippen LogP contribution in [-0.4, -0.2) is 22.0 Å². The summed E-state index contributed by atoms with van der Waals surface area (Å²) in [5, 5.41) is 12.6. The van der Waals surface area contributed by atoms with Crippen molar-refractivity contribution < 1.29 is 14.7 Å².